The van der Waals surface area contributed by atoms with Crippen molar-refractivity contribution in [2.24, 2.45) is 0 Å². The van der Waals surface area contributed by atoms with E-state index in [0.717, 1.165) is 0 Å². The molecular formula is C18H15F3N4O3S. The van der Waals surface area contributed by atoms with Crippen LogP contribution in [0.1, 0.15) is 0 Å². The molecule has 2 aromatic carbocycles. The van der Waals surface area contributed by atoms with Crippen molar-refractivity contribution in [1.29, 1.82) is 0 Å². The second-order valence-electron chi connectivity index (χ2n) is 5.72. The van der Waals surface area contributed by atoms with Gasteiger partial charge in [0.15, 0.2) is 0 Å². The molecule has 0 unspecified atom stereocenters. The lowest BCUT2D eigenvalue weighted by molar-refractivity contribution is -0.274. The number of ether oxygens (including phenoxy) is 1. The summed E-state index contributed by atoms with van der Waals surface area (Å²) in [6.45, 7) is 0. The van der Waals surface area contributed by atoms with Crippen molar-refractivity contribution in [2.45, 2.75) is 11.3 Å². The van der Waals surface area contributed by atoms with Gasteiger partial charge in [-0.25, -0.2) is 23.1 Å². The topological polar surface area (TPSA) is 93.2 Å². The van der Waals surface area contributed by atoms with Gasteiger partial charge in [0, 0.05) is 17.3 Å². The van der Waals surface area contributed by atoms with Crippen LogP contribution in [0.4, 0.5) is 24.7 Å². The number of anilines is 2. The van der Waals surface area contributed by atoms with Gasteiger partial charge in [0.05, 0.1) is 10.6 Å². The van der Waals surface area contributed by atoms with Gasteiger partial charge in [-0.15, -0.1) is 13.2 Å². The summed E-state index contributed by atoms with van der Waals surface area (Å²) in [5.74, 6) is 0.0782. The van der Waals surface area contributed by atoms with E-state index in [4.69, 9.17) is 0 Å². The van der Waals surface area contributed by atoms with Gasteiger partial charge in [-0.05, 0) is 43.4 Å². The van der Waals surface area contributed by atoms with Crippen LogP contribution in [0.15, 0.2) is 65.8 Å². The molecule has 0 aliphatic carbocycles. The van der Waals surface area contributed by atoms with Gasteiger partial charge in [0.25, 0.3) is 0 Å². The van der Waals surface area contributed by atoms with Crippen molar-refractivity contribution < 1.29 is 26.3 Å². The van der Waals surface area contributed by atoms with Crippen molar-refractivity contribution in [3.05, 3.63) is 60.9 Å². The highest BCUT2D eigenvalue weighted by Crippen LogP contribution is 2.26. The molecule has 0 spiro atoms. The van der Waals surface area contributed by atoms with Gasteiger partial charge < -0.3 is 10.1 Å². The first-order valence-corrected chi connectivity index (χ1v) is 9.63. The molecule has 3 aromatic rings. The number of halogens is 3. The molecule has 1 heterocycles. The summed E-state index contributed by atoms with van der Waals surface area (Å²) in [7, 11) is -2.21. The van der Waals surface area contributed by atoms with Crippen LogP contribution in [0.25, 0.3) is 11.3 Å². The average molecular weight is 424 g/mol. The molecule has 0 aliphatic rings. The summed E-state index contributed by atoms with van der Waals surface area (Å²) in [6, 6.07) is 12.9. The summed E-state index contributed by atoms with van der Waals surface area (Å²) in [6.07, 6.45) is -3.43. The van der Waals surface area contributed by atoms with E-state index in [2.05, 4.69) is 24.7 Å². The normalized spacial score (nSPS) is 11.9. The van der Waals surface area contributed by atoms with Crippen LogP contribution in [0.5, 0.6) is 5.75 Å². The third-order valence-corrected chi connectivity index (χ3v) is 5.19. The van der Waals surface area contributed by atoms with Crippen LogP contribution >= 0.6 is 0 Å². The molecule has 0 amide bonds. The number of aromatic nitrogens is 2. The van der Waals surface area contributed by atoms with Gasteiger partial charge in [0.1, 0.15) is 17.9 Å². The molecule has 3 rings (SSSR count). The van der Waals surface area contributed by atoms with Crippen molar-refractivity contribution in [3.63, 3.8) is 0 Å². The highest BCUT2D eigenvalue weighted by Gasteiger charge is 2.30. The molecule has 1 aromatic heterocycles. The van der Waals surface area contributed by atoms with E-state index in [-0.39, 0.29) is 10.6 Å². The van der Waals surface area contributed by atoms with Crippen LogP contribution < -0.4 is 14.8 Å². The number of rotatable bonds is 6. The number of sulfonamides is 1. The third kappa shape index (κ3) is 5.42. The summed E-state index contributed by atoms with van der Waals surface area (Å²) in [4.78, 5) is 8.35. The Morgan fingerprint density at radius 2 is 1.62 bits per heavy atom. The average Bonchev–Trinajstić information content (AvgIpc) is 2.69. The fourth-order valence-corrected chi connectivity index (χ4v) is 3.12. The zero-order chi connectivity index (χ0) is 21.1. The first kappa shape index (κ1) is 20.6. The number of hydrogen-bond donors (Lipinski definition) is 2. The quantitative estimate of drug-likeness (QED) is 0.627. The molecule has 29 heavy (non-hydrogen) atoms. The Bertz CT molecular complexity index is 1090. The highest BCUT2D eigenvalue weighted by molar-refractivity contribution is 7.89. The fourth-order valence-electron chi connectivity index (χ4n) is 2.39. The maximum absolute atomic E-state index is 12.2. The predicted octanol–water partition coefficient (Wildman–Crippen LogP) is 3.69. The number of alkyl halides is 3. The molecule has 0 bridgehead atoms. The van der Waals surface area contributed by atoms with E-state index in [9.17, 15) is 21.6 Å². The van der Waals surface area contributed by atoms with Crippen molar-refractivity contribution in [2.75, 3.05) is 12.4 Å². The molecule has 11 heteroatoms. The summed E-state index contributed by atoms with van der Waals surface area (Å²) in [5, 5.41) is 2.96. The van der Waals surface area contributed by atoms with Crippen molar-refractivity contribution in [1.82, 2.24) is 14.7 Å². The predicted molar refractivity (Wildman–Crippen MR) is 100 cm³/mol. The highest BCUT2D eigenvalue weighted by atomic mass is 32.2. The maximum Gasteiger partial charge on any atom is 0.573 e. The minimum Gasteiger partial charge on any atom is -0.406 e. The van der Waals surface area contributed by atoms with Gasteiger partial charge in [-0.1, -0.05) is 12.1 Å². The van der Waals surface area contributed by atoms with Crippen LogP contribution in [0, 0.1) is 0 Å². The molecule has 0 saturated carbocycles. The molecule has 0 atom stereocenters. The van der Waals surface area contributed by atoms with Crippen molar-refractivity contribution in [3.8, 4) is 17.0 Å². The van der Waals surface area contributed by atoms with Crippen molar-refractivity contribution >= 4 is 21.5 Å². The second kappa shape index (κ2) is 8.05. The molecule has 0 radical (unpaired) electrons. The van der Waals surface area contributed by atoms with E-state index >= 15 is 0 Å². The van der Waals surface area contributed by atoms with E-state index in [1.165, 1.54) is 49.8 Å². The molecular weight excluding hydrogens is 409 g/mol. The zero-order valence-electron chi connectivity index (χ0n) is 14.9. The number of benzene rings is 2. The van der Waals surface area contributed by atoms with E-state index in [0.29, 0.717) is 22.8 Å². The van der Waals surface area contributed by atoms with Gasteiger partial charge >= 0.3 is 6.36 Å². The monoisotopic (exact) mass is 424 g/mol. The largest absolute Gasteiger partial charge is 0.573 e. The Hall–Kier alpha value is -3.18. The lowest BCUT2D eigenvalue weighted by Crippen LogP contribution is -2.18. The molecule has 0 aliphatic heterocycles. The van der Waals surface area contributed by atoms with Crippen LogP contribution in [-0.4, -0.2) is 31.8 Å². The number of hydrogen-bond acceptors (Lipinski definition) is 6. The second-order valence-corrected chi connectivity index (χ2v) is 7.60. The Morgan fingerprint density at radius 1 is 0.966 bits per heavy atom. The van der Waals surface area contributed by atoms with Gasteiger partial charge in [0.2, 0.25) is 10.0 Å². The Morgan fingerprint density at radius 3 is 2.21 bits per heavy atom. The van der Waals surface area contributed by atoms with Crippen LogP contribution in [0.2, 0.25) is 0 Å². The SMILES string of the molecule is CNS(=O)(=O)c1ccc(-c2cc(Nc3ccc(OC(F)(F)F)cc3)ncn2)cc1. The fraction of sp³-hybridized carbons (Fsp3) is 0.111. The first-order valence-electron chi connectivity index (χ1n) is 8.15. The molecule has 7 nitrogen and oxygen atoms in total. The van der Waals surface area contributed by atoms with E-state index < -0.39 is 16.4 Å². The number of nitrogens with one attached hydrogen (secondary N) is 2. The Labute approximate surface area is 164 Å². The molecule has 2 N–H and O–H groups in total. The van der Waals surface area contributed by atoms with Gasteiger partial charge in [-0.2, -0.15) is 0 Å². The summed E-state index contributed by atoms with van der Waals surface area (Å²) in [5.41, 5.74) is 1.70. The summed E-state index contributed by atoms with van der Waals surface area (Å²) < 4.78 is 66.3. The van der Waals surface area contributed by atoms with Gasteiger partial charge in [-0.3, -0.25) is 0 Å². The zero-order valence-corrected chi connectivity index (χ0v) is 15.8. The lowest BCUT2D eigenvalue weighted by atomic mass is 10.1. The Balaban J connectivity index is 1.76. The smallest absolute Gasteiger partial charge is 0.406 e. The van der Waals surface area contributed by atoms with Crippen LogP contribution in [0.3, 0.4) is 0 Å². The third-order valence-electron chi connectivity index (χ3n) is 3.76. The van der Waals surface area contributed by atoms with E-state index in [1.807, 2.05) is 0 Å². The minimum absolute atomic E-state index is 0.123. The van der Waals surface area contributed by atoms with Crippen LogP contribution in [-0.2, 0) is 10.0 Å². The molecule has 0 fully saturated rings. The standard InChI is InChI=1S/C18H15F3N4O3S/c1-22-29(26,27)15-8-2-12(3-9-15)16-10-17(24-11-23-16)25-13-4-6-14(7-5-13)28-18(19,20)21/h2-11,22H,1H3,(H,23,24,25). The first-order chi connectivity index (χ1) is 13.7. The summed E-state index contributed by atoms with van der Waals surface area (Å²) >= 11 is 0. The minimum atomic E-state index is -4.75. The molecule has 152 valence electrons. The van der Waals surface area contributed by atoms with E-state index in [1.54, 1.807) is 18.2 Å². The maximum atomic E-state index is 12.2. The lowest BCUT2D eigenvalue weighted by Gasteiger charge is -2.10. The Kier molecular flexibility index (Phi) is 5.71. The molecule has 0 saturated heterocycles. The number of nitrogens with zero attached hydrogens (tertiary/aromatic N) is 2.